The molecule has 0 fully saturated rings. The van der Waals surface area contributed by atoms with E-state index in [1.165, 1.54) is 25.1 Å². The van der Waals surface area contributed by atoms with Gasteiger partial charge in [-0.2, -0.15) is 9.78 Å². The molecule has 0 aliphatic carbocycles. The average molecular weight is 512 g/mol. The van der Waals surface area contributed by atoms with Gasteiger partial charge in [0.1, 0.15) is 17.9 Å². The predicted molar refractivity (Wildman–Crippen MR) is 146 cm³/mol. The SMILES string of the molecule is C=CCOc1c(OC)cc(C=Nn2c(-c3cc4c(OC)cccc4o3)nc3ccccc3c2=O)cc1OC. The topological polar surface area (TPSA) is 97.3 Å². The van der Waals surface area contributed by atoms with E-state index in [4.69, 9.17) is 28.3 Å². The van der Waals surface area contributed by atoms with Crippen LogP contribution in [0, 0.1) is 0 Å². The van der Waals surface area contributed by atoms with Gasteiger partial charge in [-0.15, -0.1) is 0 Å². The van der Waals surface area contributed by atoms with Crippen molar-refractivity contribution in [2.24, 2.45) is 5.10 Å². The molecule has 0 atom stereocenters. The summed E-state index contributed by atoms with van der Waals surface area (Å²) in [5, 5.41) is 5.69. The largest absolute Gasteiger partial charge is 0.496 e. The Morgan fingerprint density at radius 2 is 1.68 bits per heavy atom. The van der Waals surface area contributed by atoms with Crippen molar-refractivity contribution < 1.29 is 23.4 Å². The fraction of sp³-hybridized carbons (Fsp3) is 0.138. The van der Waals surface area contributed by atoms with Crippen molar-refractivity contribution in [1.82, 2.24) is 9.66 Å². The van der Waals surface area contributed by atoms with Crippen molar-refractivity contribution >= 4 is 28.1 Å². The summed E-state index contributed by atoms with van der Waals surface area (Å²) >= 11 is 0. The number of benzene rings is 3. The molecule has 2 heterocycles. The first-order valence-corrected chi connectivity index (χ1v) is 11.7. The van der Waals surface area contributed by atoms with Crippen LogP contribution in [0.1, 0.15) is 5.56 Å². The molecular weight excluding hydrogens is 486 g/mol. The van der Waals surface area contributed by atoms with Crippen molar-refractivity contribution in [3.8, 4) is 34.6 Å². The van der Waals surface area contributed by atoms with Crippen molar-refractivity contribution in [2.75, 3.05) is 27.9 Å². The standard InChI is InChI=1S/C29H25N3O6/c1-5-13-37-27-24(35-3)14-18(15-25(27)36-4)17-30-32-28(31-21-10-7-6-9-19(21)29(32)33)26-16-20-22(34-2)11-8-12-23(20)38-26/h5-12,14-17H,1,13H2,2-4H3. The molecule has 2 aromatic heterocycles. The number of para-hydroxylation sites is 1. The highest BCUT2D eigenvalue weighted by Crippen LogP contribution is 2.38. The minimum Gasteiger partial charge on any atom is -0.496 e. The van der Waals surface area contributed by atoms with Crippen molar-refractivity contribution in [3.63, 3.8) is 0 Å². The molecule has 0 bridgehead atoms. The number of rotatable bonds is 9. The van der Waals surface area contributed by atoms with Gasteiger partial charge in [-0.05, 0) is 42.5 Å². The van der Waals surface area contributed by atoms with Crippen LogP contribution in [0.2, 0.25) is 0 Å². The number of hydrogen-bond donors (Lipinski definition) is 0. The molecule has 0 N–H and O–H groups in total. The van der Waals surface area contributed by atoms with Gasteiger partial charge in [0.25, 0.3) is 5.56 Å². The van der Waals surface area contributed by atoms with Crippen LogP contribution in [0.4, 0.5) is 0 Å². The Morgan fingerprint density at radius 1 is 0.947 bits per heavy atom. The number of hydrogen-bond acceptors (Lipinski definition) is 8. The Kier molecular flexibility index (Phi) is 6.82. The molecule has 0 aliphatic heterocycles. The van der Waals surface area contributed by atoms with Crippen LogP contribution in [0.25, 0.3) is 33.5 Å². The maximum Gasteiger partial charge on any atom is 0.282 e. The van der Waals surface area contributed by atoms with E-state index in [2.05, 4.69) is 11.7 Å². The second-order valence-electron chi connectivity index (χ2n) is 8.15. The molecule has 5 rings (SSSR count). The van der Waals surface area contributed by atoms with Crippen LogP contribution in [-0.2, 0) is 0 Å². The van der Waals surface area contributed by atoms with E-state index < -0.39 is 0 Å². The minimum absolute atomic E-state index is 0.244. The van der Waals surface area contributed by atoms with Crippen LogP contribution in [0.3, 0.4) is 0 Å². The molecule has 9 nitrogen and oxygen atoms in total. The Labute approximate surface area is 218 Å². The highest BCUT2D eigenvalue weighted by atomic mass is 16.5. The number of nitrogens with zero attached hydrogens (tertiary/aromatic N) is 3. The smallest absolute Gasteiger partial charge is 0.282 e. The zero-order chi connectivity index (χ0) is 26.6. The molecule has 0 amide bonds. The Morgan fingerprint density at radius 3 is 2.39 bits per heavy atom. The van der Waals surface area contributed by atoms with Gasteiger partial charge in [0.05, 0.1) is 43.8 Å². The second-order valence-corrected chi connectivity index (χ2v) is 8.15. The highest BCUT2D eigenvalue weighted by Gasteiger charge is 2.18. The third-order valence-electron chi connectivity index (χ3n) is 5.87. The lowest BCUT2D eigenvalue weighted by molar-refractivity contribution is 0.301. The van der Waals surface area contributed by atoms with Crippen LogP contribution < -0.4 is 24.5 Å². The average Bonchev–Trinajstić information content (AvgIpc) is 3.39. The van der Waals surface area contributed by atoms with Crippen LogP contribution in [0.5, 0.6) is 23.0 Å². The van der Waals surface area contributed by atoms with Crippen molar-refractivity contribution in [1.29, 1.82) is 0 Å². The zero-order valence-electron chi connectivity index (χ0n) is 21.1. The highest BCUT2D eigenvalue weighted by molar-refractivity contribution is 5.89. The number of ether oxygens (including phenoxy) is 4. The Bertz CT molecular complexity index is 1710. The third-order valence-corrected chi connectivity index (χ3v) is 5.87. The van der Waals surface area contributed by atoms with Gasteiger partial charge in [0, 0.05) is 5.56 Å². The summed E-state index contributed by atoms with van der Waals surface area (Å²) < 4.78 is 29.5. The number of furan rings is 1. The van der Waals surface area contributed by atoms with E-state index in [0.717, 1.165) is 5.39 Å². The fourth-order valence-corrected chi connectivity index (χ4v) is 4.10. The fourth-order valence-electron chi connectivity index (χ4n) is 4.10. The van der Waals surface area contributed by atoms with Gasteiger partial charge >= 0.3 is 0 Å². The van der Waals surface area contributed by atoms with Gasteiger partial charge in [-0.3, -0.25) is 4.79 Å². The summed E-state index contributed by atoms with van der Waals surface area (Å²) in [6.45, 7) is 3.95. The van der Waals surface area contributed by atoms with Gasteiger partial charge in [-0.1, -0.05) is 30.9 Å². The summed E-state index contributed by atoms with van der Waals surface area (Å²) in [6.07, 6.45) is 3.15. The third kappa shape index (κ3) is 4.45. The molecule has 0 spiro atoms. The van der Waals surface area contributed by atoms with Crippen molar-refractivity contribution in [3.05, 3.63) is 89.2 Å². The molecule has 192 valence electrons. The summed E-state index contributed by atoms with van der Waals surface area (Å²) in [4.78, 5) is 18.3. The first kappa shape index (κ1) is 24.6. The molecule has 0 radical (unpaired) electrons. The van der Waals surface area contributed by atoms with Crippen molar-refractivity contribution in [2.45, 2.75) is 0 Å². The number of aromatic nitrogens is 2. The molecule has 0 aliphatic rings. The second kappa shape index (κ2) is 10.5. The summed E-state index contributed by atoms with van der Waals surface area (Å²) in [5.41, 5.74) is 1.39. The summed E-state index contributed by atoms with van der Waals surface area (Å²) in [7, 11) is 4.65. The van der Waals surface area contributed by atoms with E-state index in [0.29, 0.717) is 50.8 Å². The van der Waals surface area contributed by atoms with Gasteiger partial charge in [-0.25, -0.2) is 4.98 Å². The lowest BCUT2D eigenvalue weighted by Gasteiger charge is -2.14. The lowest BCUT2D eigenvalue weighted by atomic mass is 10.2. The molecule has 3 aromatic carbocycles. The first-order valence-electron chi connectivity index (χ1n) is 11.7. The van der Waals surface area contributed by atoms with Gasteiger partial charge in [0.2, 0.25) is 11.6 Å². The summed E-state index contributed by atoms with van der Waals surface area (Å²) in [6, 6.07) is 17.8. The molecule has 38 heavy (non-hydrogen) atoms. The van der Waals surface area contributed by atoms with E-state index in [9.17, 15) is 4.79 Å². The Hall–Kier alpha value is -5.05. The van der Waals surface area contributed by atoms with E-state index in [-0.39, 0.29) is 18.0 Å². The van der Waals surface area contributed by atoms with Gasteiger partial charge in [0.15, 0.2) is 17.3 Å². The molecule has 0 saturated carbocycles. The Balaban J connectivity index is 1.67. The maximum atomic E-state index is 13.6. The maximum absolute atomic E-state index is 13.6. The minimum atomic E-state index is -0.348. The van der Waals surface area contributed by atoms with Crippen LogP contribution >= 0.6 is 0 Å². The quantitative estimate of drug-likeness (QED) is 0.196. The normalized spacial score (nSPS) is 11.2. The number of methoxy groups -OCH3 is 3. The molecule has 5 aromatic rings. The predicted octanol–water partition coefficient (Wildman–Crippen LogP) is 5.28. The van der Waals surface area contributed by atoms with Gasteiger partial charge < -0.3 is 23.4 Å². The molecule has 0 unspecified atom stereocenters. The lowest BCUT2D eigenvalue weighted by Crippen LogP contribution is -2.20. The van der Waals surface area contributed by atoms with Crippen LogP contribution in [-0.4, -0.2) is 43.8 Å². The van der Waals surface area contributed by atoms with E-state index in [1.54, 1.807) is 49.6 Å². The zero-order valence-corrected chi connectivity index (χ0v) is 21.1. The van der Waals surface area contributed by atoms with E-state index in [1.807, 2.05) is 24.3 Å². The number of fused-ring (bicyclic) bond motifs is 2. The molecular formula is C29H25N3O6. The summed E-state index contributed by atoms with van der Waals surface area (Å²) in [5.74, 6) is 2.59. The molecule has 0 saturated heterocycles. The monoisotopic (exact) mass is 511 g/mol. The van der Waals surface area contributed by atoms with E-state index >= 15 is 0 Å². The van der Waals surface area contributed by atoms with Crippen LogP contribution in [0.15, 0.2) is 87.6 Å². The molecule has 9 heteroatoms. The first-order chi connectivity index (χ1) is 18.6.